The fraction of sp³-hybridized carbons (Fsp3) is 0.200. The van der Waals surface area contributed by atoms with Crippen LogP contribution in [0, 0.1) is 0 Å². The predicted molar refractivity (Wildman–Crippen MR) is 56.1 cm³/mol. The molecule has 1 atom stereocenters. The molecule has 3 rings (SSSR count). The molecule has 2 aliphatic heterocycles. The van der Waals surface area contributed by atoms with Gasteiger partial charge in [0.1, 0.15) is 13.0 Å². The minimum atomic E-state index is -0.299. The van der Waals surface area contributed by atoms with E-state index in [1.807, 2.05) is 24.3 Å². The van der Waals surface area contributed by atoms with Crippen molar-refractivity contribution in [1.82, 2.24) is 10.3 Å². The highest BCUT2D eigenvalue weighted by Crippen LogP contribution is 2.32. The zero-order chi connectivity index (χ0) is 10.3. The molecule has 0 fully saturated rings. The van der Waals surface area contributed by atoms with Crippen LogP contribution in [0.1, 0.15) is 11.6 Å². The number of nitrogens with zero attached hydrogens (tertiary/aromatic N) is 2. The Bertz CT molecular complexity index is 443. The normalized spacial score (nSPS) is 22.5. The first kappa shape index (κ1) is 8.28. The second-order valence-corrected chi connectivity index (χ2v) is 3.52. The van der Waals surface area contributed by atoms with E-state index in [1.165, 1.54) is 6.34 Å². The highest BCUT2D eigenvalue weighted by atomic mass is 16.2. The summed E-state index contributed by atoms with van der Waals surface area (Å²) in [6, 6.07) is 7.49. The van der Waals surface area contributed by atoms with Crippen molar-refractivity contribution >= 4 is 17.9 Å². The minimum Gasteiger partial charge on any atom is -0.366 e. The van der Waals surface area contributed by atoms with Crippen LogP contribution in [0.15, 0.2) is 29.4 Å². The Hall–Kier alpha value is -2.04. The van der Waals surface area contributed by atoms with Crippen LogP contribution >= 0.6 is 0 Å². The molecule has 0 bridgehead atoms. The van der Waals surface area contributed by atoms with Gasteiger partial charge in [0.25, 0.3) is 5.91 Å². The van der Waals surface area contributed by atoms with Crippen LogP contribution < -0.4 is 10.6 Å². The third-order valence-electron chi connectivity index (χ3n) is 2.65. The standard InChI is InChI=1S/C10H10N4O/c15-10-9-7-3-1-2-4-8(7)12-6-14(9)13-5-11-10/h1-5,9,12H,6H2,(H,11,13,15). The first-order valence-corrected chi connectivity index (χ1v) is 4.78. The van der Waals surface area contributed by atoms with E-state index in [1.54, 1.807) is 5.01 Å². The lowest BCUT2D eigenvalue weighted by Gasteiger charge is -2.36. The van der Waals surface area contributed by atoms with Gasteiger partial charge in [-0.3, -0.25) is 9.80 Å². The molecule has 1 aromatic carbocycles. The summed E-state index contributed by atoms with van der Waals surface area (Å²) in [5, 5.41) is 11.7. The van der Waals surface area contributed by atoms with Gasteiger partial charge in [0.2, 0.25) is 0 Å². The number of para-hydroxylation sites is 1. The number of anilines is 1. The van der Waals surface area contributed by atoms with E-state index >= 15 is 0 Å². The Kier molecular flexibility index (Phi) is 1.65. The van der Waals surface area contributed by atoms with Crippen molar-refractivity contribution in [2.45, 2.75) is 6.04 Å². The number of amides is 1. The summed E-state index contributed by atoms with van der Waals surface area (Å²) in [4.78, 5) is 11.7. The number of fused-ring (bicyclic) bond motifs is 3. The molecular weight excluding hydrogens is 192 g/mol. The van der Waals surface area contributed by atoms with Crippen molar-refractivity contribution in [2.24, 2.45) is 5.10 Å². The molecule has 0 radical (unpaired) electrons. The third kappa shape index (κ3) is 1.16. The Balaban J connectivity index is 2.11. The number of rotatable bonds is 0. The van der Waals surface area contributed by atoms with Crippen LogP contribution in [0.25, 0.3) is 0 Å². The lowest BCUT2D eigenvalue weighted by molar-refractivity contribution is -0.126. The number of hydrazone groups is 1. The topological polar surface area (TPSA) is 56.7 Å². The number of benzene rings is 1. The number of carbonyl (C=O) groups is 1. The molecule has 0 aliphatic carbocycles. The molecule has 0 saturated carbocycles. The van der Waals surface area contributed by atoms with Gasteiger partial charge in [-0.05, 0) is 6.07 Å². The fourth-order valence-electron chi connectivity index (χ4n) is 1.94. The van der Waals surface area contributed by atoms with E-state index in [0.29, 0.717) is 6.67 Å². The lowest BCUT2D eigenvalue weighted by atomic mass is 10.0. The van der Waals surface area contributed by atoms with E-state index in [-0.39, 0.29) is 11.9 Å². The van der Waals surface area contributed by atoms with E-state index in [4.69, 9.17) is 0 Å². The van der Waals surface area contributed by atoms with Crippen molar-refractivity contribution < 1.29 is 4.79 Å². The lowest BCUT2D eigenvalue weighted by Crippen LogP contribution is -2.46. The number of hydrogen-bond donors (Lipinski definition) is 2. The number of nitrogens with one attached hydrogen (secondary N) is 2. The van der Waals surface area contributed by atoms with Crippen LogP contribution in [-0.4, -0.2) is 23.9 Å². The molecule has 15 heavy (non-hydrogen) atoms. The Labute approximate surface area is 86.8 Å². The van der Waals surface area contributed by atoms with E-state index < -0.39 is 0 Å². The summed E-state index contributed by atoms with van der Waals surface area (Å²) >= 11 is 0. The summed E-state index contributed by atoms with van der Waals surface area (Å²) in [5.41, 5.74) is 1.98. The molecular formula is C10H10N4O. The van der Waals surface area contributed by atoms with Crippen LogP contribution in [0.3, 0.4) is 0 Å². The van der Waals surface area contributed by atoms with E-state index in [2.05, 4.69) is 15.7 Å². The van der Waals surface area contributed by atoms with Gasteiger partial charge in [-0.1, -0.05) is 18.2 Å². The molecule has 5 nitrogen and oxygen atoms in total. The molecule has 1 unspecified atom stereocenters. The summed E-state index contributed by atoms with van der Waals surface area (Å²) in [7, 11) is 0. The maximum atomic E-state index is 11.7. The largest absolute Gasteiger partial charge is 0.366 e. The number of hydrogen-bond acceptors (Lipinski definition) is 4. The summed E-state index contributed by atoms with van der Waals surface area (Å²) < 4.78 is 0. The van der Waals surface area contributed by atoms with Crippen molar-refractivity contribution in [2.75, 3.05) is 12.0 Å². The van der Waals surface area contributed by atoms with Gasteiger partial charge in [-0.25, -0.2) is 0 Å². The molecule has 1 aromatic rings. The van der Waals surface area contributed by atoms with E-state index in [0.717, 1.165) is 11.3 Å². The van der Waals surface area contributed by atoms with Gasteiger partial charge in [0.15, 0.2) is 6.04 Å². The quantitative estimate of drug-likeness (QED) is 0.643. The Morgan fingerprint density at radius 1 is 1.40 bits per heavy atom. The van der Waals surface area contributed by atoms with Crippen LogP contribution in [0.2, 0.25) is 0 Å². The molecule has 1 amide bonds. The second kappa shape index (κ2) is 2.98. The SMILES string of the molecule is O=C1NC=NN2CNc3ccccc3C12. The zero-order valence-electron chi connectivity index (χ0n) is 7.97. The highest BCUT2D eigenvalue weighted by molar-refractivity contribution is 5.94. The maximum Gasteiger partial charge on any atom is 0.254 e. The minimum absolute atomic E-state index is 0.0287. The second-order valence-electron chi connectivity index (χ2n) is 3.52. The summed E-state index contributed by atoms with van der Waals surface area (Å²) in [5.74, 6) is -0.0287. The van der Waals surface area contributed by atoms with Crippen molar-refractivity contribution in [3.63, 3.8) is 0 Å². The average molecular weight is 202 g/mol. The van der Waals surface area contributed by atoms with Gasteiger partial charge < -0.3 is 10.6 Å². The zero-order valence-corrected chi connectivity index (χ0v) is 7.97. The maximum absolute atomic E-state index is 11.7. The smallest absolute Gasteiger partial charge is 0.254 e. The molecule has 2 heterocycles. The molecule has 0 aromatic heterocycles. The molecule has 2 aliphatic rings. The van der Waals surface area contributed by atoms with Gasteiger partial charge in [-0.2, -0.15) is 5.10 Å². The molecule has 76 valence electrons. The molecule has 0 spiro atoms. The summed E-state index contributed by atoms with van der Waals surface area (Å²) in [6.45, 7) is 0.561. The van der Waals surface area contributed by atoms with Crippen molar-refractivity contribution in [3.05, 3.63) is 29.8 Å². The van der Waals surface area contributed by atoms with Gasteiger partial charge >= 0.3 is 0 Å². The van der Waals surface area contributed by atoms with Crippen LogP contribution in [-0.2, 0) is 4.79 Å². The van der Waals surface area contributed by atoms with E-state index in [9.17, 15) is 4.79 Å². The van der Waals surface area contributed by atoms with Crippen LogP contribution in [0.4, 0.5) is 5.69 Å². The Morgan fingerprint density at radius 3 is 3.20 bits per heavy atom. The average Bonchev–Trinajstić information content (AvgIpc) is 2.29. The van der Waals surface area contributed by atoms with Crippen molar-refractivity contribution in [1.29, 1.82) is 0 Å². The highest BCUT2D eigenvalue weighted by Gasteiger charge is 2.33. The van der Waals surface area contributed by atoms with Crippen molar-refractivity contribution in [3.8, 4) is 0 Å². The summed E-state index contributed by atoms with van der Waals surface area (Å²) in [6.07, 6.45) is 1.43. The number of carbonyl (C=O) groups excluding carboxylic acids is 1. The molecule has 2 N–H and O–H groups in total. The molecule has 5 heteroatoms. The fourth-order valence-corrected chi connectivity index (χ4v) is 1.94. The van der Waals surface area contributed by atoms with Gasteiger partial charge in [0, 0.05) is 11.3 Å². The third-order valence-corrected chi connectivity index (χ3v) is 2.65. The Morgan fingerprint density at radius 2 is 2.27 bits per heavy atom. The first-order chi connectivity index (χ1) is 7.36. The van der Waals surface area contributed by atoms with Gasteiger partial charge in [-0.15, -0.1) is 0 Å². The van der Waals surface area contributed by atoms with Crippen LogP contribution in [0.5, 0.6) is 0 Å². The first-order valence-electron chi connectivity index (χ1n) is 4.78. The predicted octanol–water partition coefficient (Wildman–Crippen LogP) is 0.486. The molecule has 0 saturated heterocycles. The van der Waals surface area contributed by atoms with Gasteiger partial charge in [0.05, 0.1) is 0 Å². The monoisotopic (exact) mass is 202 g/mol.